The van der Waals surface area contributed by atoms with Crippen LogP contribution >= 0.6 is 0 Å². The fraction of sp³-hybridized carbons (Fsp3) is 0.0217. The van der Waals surface area contributed by atoms with Crippen LogP contribution in [0.1, 0.15) is 22.3 Å². The second-order valence-corrected chi connectivity index (χ2v) is 12.7. The van der Waals surface area contributed by atoms with Crippen LogP contribution in [0.2, 0.25) is 0 Å². The predicted octanol–water partition coefficient (Wildman–Crippen LogP) is 11.0. The molecule has 0 bridgehead atoms. The molecule has 10 rings (SSSR count). The molecule has 0 saturated carbocycles. The lowest BCUT2D eigenvalue weighted by Crippen LogP contribution is -2.32. The molecule has 0 atom stereocenters. The Morgan fingerprint density at radius 1 is 0.340 bits per heavy atom. The van der Waals surface area contributed by atoms with Crippen molar-refractivity contribution in [3.05, 3.63) is 198 Å². The monoisotopic (exact) mass is 639 g/mol. The number of benzene rings is 7. The lowest BCUT2D eigenvalue weighted by Gasteiger charge is -2.40. The standard InChI is InChI=1S/C46H29N3O/c1-4-15-30(16-5-1)34-21-14-22-35-36-29-33(45-48-43(31-17-6-2-7-18-31)47-44(49-45)32-19-8-3-9-20-32)27-28-37(36)46(42(34)35)38-23-10-12-25-40(38)50-41-26-13-11-24-39(41)46/h1-29H. The van der Waals surface area contributed by atoms with Crippen molar-refractivity contribution in [3.63, 3.8) is 0 Å². The Morgan fingerprint density at radius 2 is 0.820 bits per heavy atom. The Balaban J connectivity index is 1.27. The van der Waals surface area contributed by atoms with E-state index in [4.69, 9.17) is 19.7 Å². The van der Waals surface area contributed by atoms with Crippen LogP contribution in [0.15, 0.2) is 176 Å². The van der Waals surface area contributed by atoms with Gasteiger partial charge in [0.2, 0.25) is 0 Å². The predicted molar refractivity (Wildman–Crippen MR) is 199 cm³/mol. The van der Waals surface area contributed by atoms with Crippen LogP contribution in [0.3, 0.4) is 0 Å². The maximum atomic E-state index is 6.62. The first kappa shape index (κ1) is 28.4. The third-order valence-electron chi connectivity index (χ3n) is 10.00. The highest BCUT2D eigenvalue weighted by molar-refractivity contribution is 5.95. The third kappa shape index (κ3) is 4.22. The van der Waals surface area contributed by atoms with Crippen LogP contribution in [0.25, 0.3) is 56.4 Å². The Hall–Kier alpha value is -6.65. The van der Waals surface area contributed by atoms with Crippen molar-refractivity contribution in [2.24, 2.45) is 0 Å². The molecule has 8 aromatic rings. The van der Waals surface area contributed by atoms with E-state index < -0.39 is 5.41 Å². The van der Waals surface area contributed by atoms with Gasteiger partial charge in [0.15, 0.2) is 17.5 Å². The molecule has 0 N–H and O–H groups in total. The molecule has 7 aromatic carbocycles. The van der Waals surface area contributed by atoms with Crippen LogP contribution in [-0.2, 0) is 5.41 Å². The van der Waals surface area contributed by atoms with Gasteiger partial charge in [-0.3, -0.25) is 0 Å². The van der Waals surface area contributed by atoms with Crippen molar-refractivity contribution in [2.75, 3.05) is 0 Å². The van der Waals surface area contributed by atoms with Gasteiger partial charge in [0.25, 0.3) is 0 Å². The topological polar surface area (TPSA) is 47.9 Å². The summed E-state index contributed by atoms with van der Waals surface area (Å²) in [5.41, 5.74) is 11.7. The maximum Gasteiger partial charge on any atom is 0.164 e. The number of para-hydroxylation sites is 2. The van der Waals surface area contributed by atoms with E-state index in [9.17, 15) is 0 Å². The van der Waals surface area contributed by atoms with Gasteiger partial charge in [-0.1, -0.05) is 158 Å². The van der Waals surface area contributed by atoms with Crippen molar-refractivity contribution < 1.29 is 4.74 Å². The molecule has 0 radical (unpaired) electrons. The highest BCUT2D eigenvalue weighted by Crippen LogP contribution is 2.64. The van der Waals surface area contributed by atoms with Crippen LogP contribution in [0.5, 0.6) is 11.5 Å². The summed E-state index contributed by atoms with van der Waals surface area (Å²) in [7, 11) is 0. The maximum absolute atomic E-state index is 6.62. The van der Waals surface area contributed by atoms with Crippen molar-refractivity contribution in [3.8, 4) is 67.9 Å². The first-order valence-electron chi connectivity index (χ1n) is 16.9. The molecular weight excluding hydrogens is 611 g/mol. The summed E-state index contributed by atoms with van der Waals surface area (Å²) in [6, 6.07) is 61.4. The second kappa shape index (κ2) is 11.2. The minimum absolute atomic E-state index is 0.607. The van der Waals surface area contributed by atoms with Gasteiger partial charge in [-0.05, 0) is 51.6 Å². The van der Waals surface area contributed by atoms with E-state index in [0.29, 0.717) is 17.5 Å². The molecule has 50 heavy (non-hydrogen) atoms. The van der Waals surface area contributed by atoms with E-state index >= 15 is 0 Å². The van der Waals surface area contributed by atoms with E-state index in [0.717, 1.165) is 44.9 Å². The van der Waals surface area contributed by atoms with Crippen LogP contribution in [-0.4, -0.2) is 15.0 Å². The third-order valence-corrected chi connectivity index (χ3v) is 10.00. The van der Waals surface area contributed by atoms with E-state index in [1.165, 1.54) is 27.8 Å². The van der Waals surface area contributed by atoms with Gasteiger partial charge in [-0.15, -0.1) is 0 Å². The summed E-state index contributed by atoms with van der Waals surface area (Å²) in [4.78, 5) is 15.1. The first-order valence-corrected chi connectivity index (χ1v) is 16.9. The average Bonchev–Trinajstić information content (AvgIpc) is 3.49. The summed E-state index contributed by atoms with van der Waals surface area (Å²) < 4.78 is 6.62. The fourth-order valence-electron chi connectivity index (χ4n) is 7.90. The minimum atomic E-state index is -0.607. The molecule has 0 amide bonds. The molecule has 0 unspecified atom stereocenters. The van der Waals surface area contributed by atoms with Gasteiger partial charge in [0, 0.05) is 27.8 Å². The number of ether oxygens (including phenoxy) is 1. The highest BCUT2D eigenvalue weighted by atomic mass is 16.5. The zero-order valence-electron chi connectivity index (χ0n) is 27.0. The molecule has 1 spiro atoms. The van der Waals surface area contributed by atoms with Crippen molar-refractivity contribution >= 4 is 0 Å². The van der Waals surface area contributed by atoms with Crippen molar-refractivity contribution in [1.82, 2.24) is 15.0 Å². The molecule has 0 saturated heterocycles. The van der Waals surface area contributed by atoms with Gasteiger partial charge in [0.1, 0.15) is 11.5 Å². The summed E-state index contributed by atoms with van der Waals surface area (Å²) in [6.07, 6.45) is 0. The Labute approximate surface area is 290 Å². The van der Waals surface area contributed by atoms with E-state index in [1.807, 2.05) is 60.7 Å². The second-order valence-electron chi connectivity index (χ2n) is 12.7. The van der Waals surface area contributed by atoms with Crippen molar-refractivity contribution in [2.45, 2.75) is 5.41 Å². The van der Waals surface area contributed by atoms with Gasteiger partial charge in [-0.2, -0.15) is 0 Å². The highest BCUT2D eigenvalue weighted by Gasteiger charge is 2.52. The molecule has 1 aliphatic heterocycles. The van der Waals surface area contributed by atoms with Crippen molar-refractivity contribution in [1.29, 1.82) is 0 Å². The molecule has 2 heterocycles. The molecule has 1 aromatic heterocycles. The van der Waals surface area contributed by atoms with Gasteiger partial charge >= 0.3 is 0 Å². The van der Waals surface area contributed by atoms with Gasteiger partial charge < -0.3 is 4.74 Å². The van der Waals surface area contributed by atoms with E-state index in [-0.39, 0.29) is 0 Å². The molecule has 2 aliphatic rings. The van der Waals surface area contributed by atoms with Crippen LogP contribution < -0.4 is 4.74 Å². The van der Waals surface area contributed by atoms with E-state index in [2.05, 4.69) is 115 Å². The molecule has 1 aliphatic carbocycles. The lowest BCUT2D eigenvalue weighted by atomic mass is 9.64. The normalized spacial score (nSPS) is 13.1. The van der Waals surface area contributed by atoms with Crippen LogP contribution in [0, 0.1) is 0 Å². The smallest absolute Gasteiger partial charge is 0.164 e. The molecule has 4 nitrogen and oxygen atoms in total. The number of hydrogen-bond acceptors (Lipinski definition) is 4. The SMILES string of the molecule is c1ccc(-c2nc(-c3ccccc3)nc(-c3ccc4c(c3)-c3cccc(-c5ccccc5)c3C43c4ccccc4Oc4ccccc43)n2)cc1. The molecule has 4 heteroatoms. The number of aromatic nitrogens is 3. The summed E-state index contributed by atoms with van der Waals surface area (Å²) in [5.74, 6) is 3.66. The number of nitrogens with zero attached hydrogens (tertiary/aromatic N) is 3. The summed E-state index contributed by atoms with van der Waals surface area (Å²) in [6.45, 7) is 0. The van der Waals surface area contributed by atoms with Gasteiger partial charge in [-0.25, -0.2) is 15.0 Å². The average molecular weight is 640 g/mol. The quantitative estimate of drug-likeness (QED) is 0.192. The minimum Gasteiger partial charge on any atom is -0.457 e. The van der Waals surface area contributed by atoms with Gasteiger partial charge in [0.05, 0.1) is 5.41 Å². The number of rotatable bonds is 4. The zero-order valence-corrected chi connectivity index (χ0v) is 27.0. The summed E-state index contributed by atoms with van der Waals surface area (Å²) in [5, 5.41) is 0. The largest absolute Gasteiger partial charge is 0.457 e. The lowest BCUT2D eigenvalue weighted by molar-refractivity contribution is 0.436. The van der Waals surface area contributed by atoms with Crippen LogP contribution in [0.4, 0.5) is 0 Å². The molecule has 234 valence electrons. The number of hydrogen-bond donors (Lipinski definition) is 0. The Kier molecular flexibility index (Phi) is 6.36. The first-order chi connectivity index (χ1) is 24.8. The molecule has 0 fully saturated rings. The van der Waals surface area contributed by atoms with E-state index in [1.54, 1.807) is 0 Å². The molecular formula is C46H29N3O. The zero-order chi connectivity index (χ0) is 33.1. The Morgan fingerprint density at radius 3 is 1.40 bits per heavy atom. The fourth-order valence-corrected chi connectivity index (χ4v) is 7.90. The summed E-state index contributed by atoms with van der Waals surface area (Å²) >= 11 is 0. The Bertz CT molecular complexity index is 2460. The number of fused-ring (bicyclic) bond motifs is 9.